The Balaban J connectivity index is 1.76. The second-order valence-electron chi connectivity index (χ2n) is 7.00. The fourth-order valence-electron chi connectivity index (χ4n) is 3.52. The molecule has 0 aliphatic carbocycles. The lowest BCUT2D eigenvalue weighted by molar-refractivity contribution is 0.135. The minimum atomic E-state index is 0.162. The van der Waals surface area contributed by atoms with E-state index in [1.807, 2.05) is 19.1 Å². The maximum Gasteiger partial charge on any atom is 0.146 e. The Labute approximate surface area is 155 Å². The number of nitriles is 1. The van der Waals surface area contributed by atoms with Gasteiger partial charge in [0, 0.05) is 44.5 Å². The highest BCUT2D eigenvalue weighted by Crippen LogP contribution is 2.24. The lowest BCUT2D eigenvalue weighted by Gasteiger charge is -2.42. The summed E-state index contributed by atoms with van der Waals surface area (Å²) in [5.74, 6) is 0.769. The van der Waals surface area contributed by atoms with Gasteiger partial charge in [0.1, 0.15) is 11.9 Å². The summed E-state index contributed by atoms with van der Waals surface area (Å²) in [5.41, 5.74) is 4.09. The third kappa shape index (κ3) is 4.21. The van der Waals surface area contributed by atoms with Gasteiger partial charge in [0.15, 0.2) is 0 Å². The molecule has 5 nitrogen and oxygen atoms in total. The molecule has 26 heavy (non-hydrogen) atoms. The van der Waals surface area contributed by atoms with Crippen LogP contribution in [0.2, 0.25) is 0 Å². The van der Waals surface area contributed by atoms with Gasteiger partial charge in [0.05, 0.1) is 5.56 Å². The van der Waals surface area contributed by atoms with Crippen LogP contribution in [-0.2, 0) is 6.54 Å². The van der Waals surface area contributed by atoms with Crippen LogP contribution in [0.5, 0.6) is 0 Å². The maximum atomic E-state index is 9.53. The summed E-state index contributed by atoms with van der Waals surface area (Å²) in [5, 5.41) is 18.9. The fraction of sp³-hybridized carbons (Fsp3) is 0.429. The molecule has 2 aromatic rings. The molecule has 1 aliphatic heterocycles. The SMILES string of the molecule is Cc1ccc(CN2CCN(c3nc(C)ccc3C#N)CC2CCO)cc1. The van der Waals surface area contributed by atoms with Crippen molar-refractivity contribution in [3.05, 3.63) is 58.8 Å². The molecule has 1 aromatic heterocycles. The van der Waals surface area contributed by atoms with Gasteiger partial charge in [-0.05, 0) is 38.0 Å². The van der Waals surface area contributed by atoms with Gasteiger partial charge >= 0.3 is 0 Å². The number of aliphatic hydroxyl groups excluding tert-OH is 1. The fourth-order valence-corrected chi connectivity index (χ4v) is 3.52. The highest BCUT2D eigenvalue weighted by Gasteiger charge is 2.28. The van der Waals surface area contributed by atoms with E-state index in [0.717, 1.165) is 44.1 Å². The van der Waals surface area contributed by atoms with E-state index in [9.17, 15) is 10.4 Å². The number of anilines is 1. The lowest BCUT2D eigenvalue weighted by Crippen LogP contribution is -2.53. The lowest BCUT2D eigenvalue weighted by atomic mass is 10.1. The van der Waals surface area contributed by atoms with Crippen LogP contribution in [0.3, 0.4) is 0 Å². The van der Waals surface area contributed by atoms with E-state index < -0.39 is 0 Å². The number of aliphatic hydroxyl groups is 1. The molecule has 1 N–H and O–H groups in total. The second-order valence-corrected chi connectivity index (χ2v) is 7.00. The van der Waals surface area contributed by atoms with Gasteiger partial charge in [-0.25, -0.2) is 4.98 Å². The van der Waals surface area contributed by atoms with Crippen molar-refractivity contribution in [3.63, 3.8) is 0 Å². The molecule has 0 spiro atoms. The van der Waals surface area contributed by atoms with Gasteiger partial charge in [-0.15, -0.1) is 0 Å². The van der Waals surface area contributed by atoms with Gasteiger partial charge in [0.25, 0.3) is 0 Å². The first-order valence-electron chi connectivity index (χ1n) is 9.14. The summed E-state index contributed by atoms with van der Waals surface area (Å²) in [6, 6.07) is 14.8. The van der Waals surface area contributed by atoms with E-state index in [1.54, 1.807) is 0 Å². The molecular weight excluding hydrogens is 324 g/mol. The highest BCUT2D eigenvalue weighted by molar-refractivity contribution is 5.54. The van der Waals surface area contributed by atoms with E-state index >= 15 is 0 Å². The smallest absolute Gasteiger partial charge is 0.146 e. The molecule has 1 aromatic carbocycles. The Hall–Kier alpha value is -2.42. The van der Waals surface area contributed by atoms with Crippen LogP contribution in [0.15, 0.2) is 36.4 Å². The molecule has 0 amide bonds. The quantitative estimate of drug-likeness (QED) is 0.898. The number of benzene rings is 1. The zero-order valence-electron chi connectivity index (χ0n) is 15.5. The molecule has 1 aliphatic rings. The monoisotopic (exact) mass is 350 g/mol. The van der Waals surface area contributed by atoms with Crippen molar-refractivity contribution in [2.24, 2.45) is 0 Å². The van der Waals surface area contributed by atoms with Crippen LogP contribution in [0.25, 0.3) is 0 Å². The molecule has 0 radical (unpaired) electrons. The summed E-state index contributed by atoms with van der Waals surface area (Å²) in [4.78, 5) is 9.23. The number of rotatable bonds is 5. The largest absolute Gasteiger partial charge is 0.396 e. The average Bonchev–Trinajstić information content (AvgIpc) is 2.65. The molecule has 0 bridgehead atoms. The molecule has 1 saturated heterocycles. The van der Waals surface area contributed by atoms with Crippen molar-refractivity contribution in [2.45, 2.75) is 32.9 Å². The van der Waals surface area contributed by atoms with Crippen LogP contribution in [-0.4, -0.2) is 47.3 Å². The first kappa shape index (κ1) is 18.4. The first-order chi connectivity index (χ1) is 12.6. The summed E-state index contributed by atoms with van der Waals surface area (Å²) < 4.78 is 0. The molecule has 1 atom stereocenters. The third-order valence-corrected chi connectivity index (χ3v) is 5.01. The summed E-state index contributed by atoms with van der Waals surface area (Å²) in [7, 11) is 0. The Kier molecular flexibility index (Phi) is 5.87. The van der Waals surface area contributed by atoms with Gasteiger partial charge in [0.2, 0.25) is 0 Å². The molecule has 1 fully saturated rings. The van der Waals surface area contributed by atoms with Gasteiger partial charge in [-0.3, -0.25) is 4.90 Å². The molecule has 3 rings (SSSR count). The number of hydrogen-bond donors (Lipinski definition) is 1. The number of hydrogen-bond acceptors (Lipinski definition) is 5. The van der Waals surface area contributed by atoms with Crippen molar-refractivity contribution in [3.8, 4) is 6.07 Å². The van der Waals surface area contributed by atoms with E-state index in [-0.39, 0.29) is 12.6 Å². The van der Waals surface area contributed by atoms with E-state index in [1.165, 1.54) is 11.1 Å². The summed E-state index contributed by atoms with van der Waals surface area (Å²) >= 11 is 0. The zero-order valence-corrected chi connectivity index (χ0v) is 15.5. The van der Waals surface area contributed by atoms with Crippen molar-refractivity contribution < 1.29 is 5.11 Å². The van der Waals surface area contributed by atoms with Crippen molar-refractivity contribution in [1.29, 1.82) is 5.26 Å². The number of aryl methyl sites for hydroxylation is 2. The molecule has 5 heteroatoms. The molecule has 2 heterocycles. The minimum Gasteiger partial charge on any atom is -0.396 e. The Morgan fingerprint density at radius 2 is 1.92 bits per heavy atom. The van der Waals surface area contributed by atoms with Crippen LogP contribution in [0, 0.1) is 25.2 Å². The summed E-state index contributed by atoms with van der Waals surface area (Å²) in [6.45, 7) is 7.58. The number of piperazine rings is 1. The zero-order chi connectivity index (χ0) is 18.5. The minimum absolute atomic E-state index is 0.162. The Morgan fingerprint density at radius 1 is 1.15 bits per heavy atom. The average molecular weight is 350 g/mol. The van der Waals surface area contributed by atoms with Crippen LogP contribution >= 0.6 is 0 Å². The molecular formula is C21H26N4O. The van der Waals surface area contributed by atoms with Crippen LogP contribution in [0.4, 0.5) is 5.82 Å². The standard InChI is InChI=1S/C21H26N4O/c1-16-3-6-18(7-4-16)14-24-10-11-25(15-20(24)9-12-26)21-19(13-22)8-5-17(2)23-21/h3-8,20,26H,9-12,14-15H2,1-2H3. The normalized spacial score (nSPS) is 17.9. The van der Waals surface area contributed by atoms with Gasteiger partial charge in [-0.2, -0.15) is 5.26 Å². The predicted molar refractivity (Wildman–Crippen MR) is 103 cm³/mol. The Morgan fingerprint density at radius 3 is 2.62 bits per heavy atom. The van der Waals surface area contributed by atoms with E-state index in [4.69, 9.17) is 0 Å². The third-order valence-electron chi connectivity index (χ3n) is 5.01. The second kappa shape index (κ2) is 8.31. The topological polar surface area (TPSA) is 63.4 Å². The van der Waals surface area contributed by atoms with Gasteiger partial charge < -0.3 is 10.0 Å². The highest BCUT2D eigenvalue weighted by atomic mass is 16.3. The van der Waals surface area contributed by atoms with Crippen molar-refractivity contribution >= 4 is 5.82 Å². The van der Waals surface area contributed by atoms with Crippen LogP contribution in [0.1, 0.15) is 28.8 Å². The van der Waals surface area contributed by atoms with E-state index in [2.05, 4.69) is 52.0 Å². The van der Waals surface area contributed by atoms with Crippen LogP contribution < -0.4 is 4.90 Å². The molecule has 1 unspecified atom stereocenters. The van der Waals surface area contributed by atoms with Crippen molar-refractivity contribution in [2.75, 3.05) is 31.1 Å². The van der Waals surface area contributed by atoms with Crippen molar-refractivity contribution in [1.82, 2.24) is 9.88 Å². The summed E-state index contributed by atoms with van der Waals surface area (Å²) in [6.07, 6.45) is 0.718. The van der Waals surface area contributed by atoms with E-state index in [0.29, 0.717) is 5.56 Å². The first-order valence-corrected chi connectivity index (χ1v) is 9.14. The number of pyridine rings is 1. The molecule has 0 saturated carbocycles. The maximum absolute atomic E-state index is 9.53. The van der Waals surface area contributed by atoms with Gasteiger partial charge in [-0.1, -0.05) is 29.8 Å². The number of aromatic nitrogens is 1. The number of nitrogens with zero attached hydrogens (tertiary/aromatic N) is 4. The molecule has 136 valence electrons. The Bertz CT molecular complexity index is 782. The predicted octanol–water partition coefficient (Wildman–Crippen LogP) is 2.64.